The molecular weight excluding hydrogens is 278 g/mol. The maximum atomic E-state index is 10.2. The lowest BCUT2D eigenvalue weighted by atomic mass is 9.94. The molecule has 1 saturated heterocycles. The van der Waals surface area contributed by atoms with Crippen LogP contribution in [-0.2, 0) is 11.2 Å². The van der Waals surface area contributed by atoms with Crippen LogP contribution in [0.4, 0.5) is 0 Å². The summed E-state index contributed by atoms with van der Waals surface area (Å²) in [6.45, 7) is 3.58. The van der Waals surface area contributed by atoms with Crippen molar-refractivity contribution in [2.75, 3.05) is 33.4 Å². The number of hydrogen-bond donors (Lipinski definition) is 1. The average molecular weight is 305 g/mol. The molecule has 4 nitrogen and oxygen atoms in total. The topological polar surface area (TPSA) is 41.9 Å². The molecule has 4 heteroatoms. The van der Waals surface area contributed by atoms with Gasteiger partial charge in [-0.1, -0.05) is 18.6 Å². The number of aliphatic hydroxyl groups excluding tert-OH is 1. The fourth-order valence-electron chi connectivity index (χ4n) is 3.81. The highest BCUT2D eigenvalue weighted by Crippen LogP contribution is 2.32. The second-order valence-electron chi connectivity index (χ2n) is 6.44. The van der Waals surface area contributed by atoms with Crippen molar-refractivity contribution in [2.45, 2.75) is 37.8 Å². The molecular formula is C18H27NO3. The van der Waals surface area contributed by atoms with Gasteiger partial charge in [0.05, 0.1) is 26.4 Å². The minimum Gasteiger partial charge on any atom is -0.497 e. The number of morpholine rings is 1. The van der Waals surface area contributed by atoms with Gasteiger partial charge in [0.15, 0.2) is 0 Å². The van der Waals surface area contributed by atoms with Gasteiger partial charge in [-0.3, -0.25) is 4.90 Å². The van der Waals surface area contributed by atoms with Gasteiger partial charge in [-0.15, -0.1) is 0 Å². The summed E-state index contributed by atoms with van der Waals surface area (Å²) >= 11 is 0. The third kappa shape index (κ3) is 3.62. The highest BCUT2D eigenvalue weighted by Gasteiger charge is 2.37. The predicted molar refractivity (Wildman–Crippen MR) is 86.2 cm³/mol. The second kappa shape index (κ2) is 7.44. The molecule has 3 atom stereocenters. The number of rotatable bonds is 5. The van der Waals surface area contributed by atoms with Gasteiger partial charge in [-0.25, -0.2) is 0 Å². The van der Waals surface area contributed by atoms with Gasteiger partial charge in [0.25, 0.3) is 0 Å². The van der Waals surface area contributed by atoms with Crippen LogP contribution < -0.4 is 4.74 Å². The number of benzene rings is 1. The Morgan fingerprint density at radius 1 is 1.27 bits per heavy atom. The first-order valence-corrected chi connectivity index (χ1v) is 8.40. The molecule has 0 bridgehead atoms. The molecule has 2 aliphatic rings. The molecule has 2 fully saturated rings. The standard InChI is InChI=1S/C18H27NO3/c1-21-15-7-5-14(6-8-15)9-10-19-11-12-22-13-17(19)16-3-2-4-18(16)20/h5-8,16-18,20H,2-4,9-13H2,1H3/t16-,17-,18-/m1/s1. The first kappa shape index (κ1) is 15.8. The van der Waals surface area contributed by atoms with Gasteiger partial charge in [0.2, 0.25) is 0 Å². The zero-order valence-electron chi connectivity index (χ0n) is 13.4. The van der Waals surface area contributed by atoms with E-state index < -0.39 is 0 Å². The third-order valence-corrected chi connectivity index (χ3v) is 5.15. The summed E-state index contributed by atoms with van der Waals surface area (Å²) in [4.78, 5) is 2.52. The van der Waals surface area contributed by atoms with E-state index >= 15 is 0 Å². The van der Waals surface area contributed by atoms with E-state index in [-0.39, 0.29) is 6.10 Å². The maximum Gasteiger partial charge on any atom is 0.118 e. The first-order valence-electron chi connectivity index (χ1n) is 8.40. The lowest BCUT2D eigenvalue weighted by Gasteiger charge is -2.40. The van der Waals surface area contributed by atoms with Gasteiger partial charge in [-0.05, 0) is 37.0 Å². The van der Waals surface area contributed by atoms with E-state index in [1.807, 2.05) is 12.1 Å². The molecule has 0 aromatic heterocycles. The van der Waals surface area contributed by atoms with Gasteiger partial charge < -0.3 is 14.6 Å². The monoisotopic (exact) mass is 305 g/mol. The normalized spacial score (nSPS) is 29.6. The first-order chi connectivity index (χ1) is 10.8. The van der Waals surface area contributed by atoms with Crippen molar-refractivity contribution in [1.29, 1.82) is 0 Å². The molecule has 22 heavy (non-hydrogen) atoms. The van der Waals surface area contributed by atoms with Gasteiger partial charge in [0, 0.05) is 25.0 Å². The summed E-state index contributed by atoms with van der Waals surface area (Å²) < 4.78 is 10.9. The highest BCUT2D eigenvalue weighted by atomic mass is 16.5. The Bertz CT molecular complexity index is 462. The van der Waals surface area contributed by atoms with E-state index in [1.165, 1.54) is 5.56 Å². The third-order valence-electron chi connectivity index (χ3n) is 5.15. The Morgan fingerprint density at radius 2 is 2.09 bits per heavy atom. The summed E-state index contributed by atoms with van der Waals surface area (Å²) in [5.74, 6) is 1.29. The number of aliphatic hydroxyl groups is 1. The maximum absolute atomic E-state index is 10.2. The summed E-state index contributed by atoms with van der Waals surface area (Å²) in [7, 11) is 1.69. The molecule has 0 unspecified atom stereocenters. The number of hydrogen-bond acceptors (Lipinski definition) is 4. The van der Waals surface area contributed by atoms with Crippen LogP contribution in [-0.4, -0.2) is 55.6 Å². The Hall–Kier alpha value is -1.10. The van der Waals surface area contributed by atoms with Crippen molar-refractivity contribution < 1.29 is 14.6 Å². The lowest BCUT2D eigenvalue weighted by molar-refractivity contribution is -0.0494. The van der Waals surface area contributed by atoms with Crippen molar-refractivity contribution >= 4 is 0 Å². The van der Waals surface area contributed by atoms with Crippen molar-refractivity contribution in [3.05, 3.63) is 29.8 Å². The molecule has 122 valence electrons. The zero-order valence-corrected chi connectivity index (χ0v) is 13.4. The molecule has 1 saturated carbocycles. The quantitative estimate of drug-likeness (QED) is 0.904. The molecule has 1 N–H and O–H groups in total. The van der Waals surface area contributed by atoms with E-state index in [9.17, 15) is 5.11 Å². The number of methoxy groups -OCH3 is 1. The van der Waals surface area contributed by atoms with E-state index in [0.29, 0.717) is 12.0 Å². The minimum atomic E-state index is -0.143. The van der Waals surface area contributed by atoms with Crippen LogP contribution in [0.15, 0.2) is 24.3 Å². The van der Waals surface area contributed by atoms with Crippen molar-refractivity contribution in [1.82, 2.24) is 4.90 Å². The Balaban J connectivity index is 1.58. The molecule has 1 heterocycles. The van der Waals surface area contributed by atoms with Crippen LogP contribution in [0.5, 0.6) is 5.75 Å². The number of nitrogens with zero attached hydrogens (tertiary/aromatic N) is 1. The fourth-order valence-corrected chi connectivity index (χ4v) is 3.81. The fraction of sp³-hybridized carbons (Fsp3) is 0.667. The smallest absolute Gasteiger partial charge is 0.118 e. The number of ether oxygens (including phenoxy) is 2. The molecule has 0 radical (unpaired) electrons. The molecule has 3 rings (SSSR count). The van der Waals surface area contributed by atoms with Crippen LogP contribution in [0.25, 0.3) is 0 Å². The molecule has 1 aromatic carbocycles. The summed E-state index contributed by atoms with van der Waals surface area (Å²) in [6.07, 6.45) is 4.12. The van der Waals surface area contributed by atoms with E-state index in [0.717, 1.165) is 57.7 Å². The Kier molecular flexibility index (Phi) is 5.34. The van der Waals surface area contributed by atoms with E-state index in [1.54, 1.807) is 7.11 Å². The second-order valence-corrected chi connectivity index (χ2v) is 6.44. The van der Waals surface area contributed by atoms with Gasteiger partial charge >= 0.3 is 0 Å². The molecule has 1 aromatic rings. The largest absolute Gasteiger partial charge is 0.497 e. The van der Waals surface area contributed by atoms with Crippen LogP contribution in [0.2, 0.25) is 0 Å². The summed E-state index contributed by atoms with van der Waals surface area (Å²) in [5.41, 5.74) is 1.33. The highest BCUT2D eigenvalue weighted by molar-refractivity contribution is 5.27. The van der Waals surface area contributed by atoms with Crippen LogP contribution in [0.1, 0.15) is 24.8 Å². The zero-order chi connectivity index (χ0) is 15.4. The van der Waals surface area contributed by atoms with Crippen LogP contribution >= 0.6 is 0 Å². The van der Waals surface area contributed by atoms with Crippen molar-refractivity contribution in [3.8, 4) is 5.75 Å². The molecule has 1 aliphatic heterocycles. The van der Waals surface area contributed by atoms with Gasteiger partial charge in [0.1, 0.15) is 5.75 Å². The SMILES string of the molecule is COc1ccc(CCN2CCOC[C@@H]2[C@H]2CCC[C@H]2O)cc1. The molecule has 0 amide bonds. The van der Waals surface area contributed by atoms with Crippen LogP contribution in [0.3, 0.4) is 0 Å². The summed E-state index contributed by atoms with van der Waals surface area (Å²) in [6, 6.07) is 8.70. The van der Waals surface area contributed by atoms with E-state index in [4.69, 9.17) is 9.47 Å². The van der Waals surface area contributed by atoms with E-state index in [2.05, 4.69) is 17.0 Å². The van der Waals surface area contributed by atoms with Crippen molar-refractivity contribution in [3.63, 3.8) is 0 Å². The molecule has 1 aliphatic carbocycles. The molecule has 0 spiro atoms. The van der Waals surface area contributed by atoms with Gasteiger partial charge in [-0.2, -0.15) is 0 Å². The Labute approximate surface area is 133 Å². The average Bonchev–Trinajstić information content (AvgIpc) is 2.99. The minimum absolute atomic E-state index is 0.143. The van der Waals surface area contributed by atoms with Crippen molar-refractivity contribution in [2.24, 2.45) is 5.92 Å². The van der Waals surface area contributed by atoms with Crippen LogP contribution in [0, 0.1) is 5.92 Å². The summed E-state index contributed by atoms with van der Waals surface area (Å²) in [5, 5.41) is 10.2. The predicted octanol–water partition coefficient (Wildman–Crippen LogP) is 2.10. The Morgan fingerprint density at radius 3 is 2.77 bits per heavy atom. The lowest BCUT2D eigenvalue weighted by Crippen LogP contribution is -2.51.